The number of ketones is 1. The van der Waals surface area contributed by atoms with Gasteiger partial charge in [0.15, 0.2) is 5.78 Å². The first-order chi connectivity index (χ1) is 12.5. The van der Waals surface area contributed by atoms with Crippen molar-refractivity contribution in [2.75, 3.05) is 7.11 Å². The minimum Gasteiger partial charge on any atom is -0.465 e. The second-order valence-corrected chi connectivity index (χ2v) is 5.97. The number of methoxy groups -OCH3 is 1. The lowest BCUT2D eigenvalue weighted by Crippen LogP contribution is -1.99. The van der Waals surface area contributed by atoms with Crippen LogP contribution < -0.4 is 0 Å². The minimum atomic E-state index is -0.308. The van der Waals surface area contributed by atoms with Crippen molar-refractivity contribution in [2.24, 2.45) is 7.05 Å². The number of nitrogens with one attached hydrogen (secondary N) is 1. The van der Waals surface area contributed by atoms with E-state index in [2.05, 4.69) is 9.72 Å². The molecule has 0 bridgehead atoms. The number of ether oxygens (including phenoxy) is 1. The van der Waals surface area contributed by atoms with Crippen molar-refractivity contribution in [1.29, 1.82) is 0 Å². The van der Waals surface area contributed by atoms with Crippen molar-refractivity contribution in [2.45, 2.75) is 6.92 Å². The predicted octanol–water partition coefficient (Wildman–Crippen LogP) is 3.51. The molecule has 6 heteroatoms. The van der Waals surface area contributed by atoms with Crippen molar-refractivity contribution >= 4 is 33.6 Å². The Morgan fingerprint density at radius 3 is 2.26 bits per heavy atom. The lowest BCUT2D eigenvalue weighted by Gasteiger charge is -1.95. The van der Waals surface area contributed by atoms with Gasteiger partial charge in [-0.15, -0.1) is 0 Å². The van der Waals surface area contributed by atoms with Crippen LogP contribution in [0.5, 0.6) is 0 Å². The molecule has 140 valence electrons. The fraction of sp³-hybridized carbons (Fsp3) is 0.143. The first-order valence-corrected chi connectivity index (χ1v) is 8.22. The van der Waals surface area contributed by atoms with Crippen molar-refractivity contribution in [1.82, 2.24) is 9.55 Å². The number of rotatable bonds is 2. The van der Waals surface area contributed by atoms with Crippen molar-refractivity contribution in [3.63, 3.8) is 0 Å². The van der Waals surface area contributed by atoms with Gasteiger partial charge in [0.25, 0.3) is 0 Å². The highest BCUT2D eigenvalue weighted by Crippen LogP contribution is 2.20. The SMILES string of the molecule is CC(=O)c1cn(C)c2ccccc12.COC(=O)c1c[nH]c2ccccc12.O. The largest absolute Gasteiger partial charge is 0.465 e. The van der Waals surface area contributed by atoms with E-state index in [9.17, 15) is 9.59 Å². The number of aromatic nitrogens is 2. The third kappa shape index (κ3) is 3.91. The van der Waals surface area contributed by atoms with E-state index in [4.69, 9.17) is 0 Å². The van der Waals surface area contributed by atoms with Gasteiger partial charge in [-0.25, -0.2) is 4.79 Å². The monoisotopic (exact) mass is 366 g/mol. The summed E-state index contributed by atoms with van der Waals surface area (Å²) in [5, 5.41) is 1.94. The Balaban J connectivity index is 0.000000187. The topological polar surface area (TPSA) is 95.6 Å². The Morgan fingerprint density at radius 1 is 0.963 bits per heavy atom. The fourth-order valence-electron chi connectivity index (χ4n) is 2.97. The highest BCUT2D eigenvalue weighted by Gasteiger charge is 2.10. The second kappa shape index (κ2) is 8.33. The van der Waals surface area contributed by atoms with Gasteiger partial charge in [0.2, 0.25) is 0 Å². The summed E-state index contributed by atoms with van der Waals surface area (Å²) in [7, 11) is 3.33. The number of para-hydroxylation sites is 2. The van der Waals surface area contributed by atoms with Crippen LogP contribution in [-0.4, -0.2) is 33.9 Å². The Morgan fingerprint density at radius 2 is 1.59 bits per heavy atom. The van der Waals surface area contributed by atoms with E-state index in [0.717, 1.165) is 27.4 Å². The molecular weight excluding hydrogens is 344 g/mol. The van der Waals surface area contributed by atoms with E-state index < -0.39 is 0 Å². The van der Waals surface area contributed by atoms with E-state index in [-0.39, 0.29) is 17.2 Å². The first kappa shape index (κ1) is 19.9. The molecule has 0 unspecified atom stereocenters. The molecule has 0 radical (unpaired) electrons. The molecule has 0 fully saturated rings. The molecule has 0 amide bonds. The molecule has 0 spiro atoms. The van der Waals surface area contributed by atoms with Gasteiger partial charge in [0, 0.05) is 46.8 Å². The van der Waals surface area contributed by atoms with Crippen molar-refractivity contribution < 1.29 is 19.8 Å². The Kier molecular flexibility index (Phi) is 6.15. The Hall–Kier alpha value is -3.38. The number of nitrogens with zero attached hydrogens (tertiary/aromatic N) is 1. The maximum atomic E-state index is 11.3. The molecule has 4 rings (SSSR count). The van der Waals surface area contributed by atoms with Crippen LogP contribution >= 0.6 is 0 Å². The average Bonchev–Trinajstić information content (AvgIpc) is 3.24. The van der Waals surface area contributed by atoms with Crippen LogP contribution in [0.2, 0.25) is 0 Å². The van der Waals surface area contributed by atoms with Crippen molar-refractivity contribution in [3.05, 3.63) is 72.1 Å². The summed E-state index contributed by atoms with van der Waals surface area (Å²) < 4.78 is 6.62. The molecule has 3 N–H and O–H groups in total. The molecule has 0 saturated heterocycles. The van der Waals surface area contributed by atoms with E-state index in [1.807, 2.05) is 66.3 Å². The summed E-state index contributed by atoms with van der Waals surface area (Å²) in [6, 6.07) is 15.5. The quantitative estimate of drug-likeness (QED) is 0.434. The van der Waals surface area contributed by atoms with Crippen LogP contribution in [0.3, 0.4) is 0 Å². The van der Waals surface area contributed by atoms with E-state index in [1.165, 1.54) is 7.11 Å². The van der Waals surface area contributed by atoms with Crippen molar-refractivity contribution in [3.8, 4) is 0 Å². The number of H-pyrrole nitrogens is 1. The molecule has 0 atom stereocenters. The predicted molar refractivity (Wildman–Crippen MR) is 106 cm³/mol. The molecule has 6 nitrogen and oxygen atoms in total. The van der Waals surface area contributed by atoms with Gasteiger partial charge < -0.3 is 19.8 Å². The van der Waals surface area contributed by atoms with Gasteiger partial charge in [0.05, 0.1) is 12.7 Å². The molecular formula is C21H22N2O4. The van der Waals surface area contributed by atoms with E-state index >= 15 is 0 Å². The summed E-state index contributed by atoms with van der Waals surface area (Å²) in [4.78, 5) is 25.5. The Bertz CT molecular complexity index is 1090. The van der Waals surface area contributed by atoms with E-state index in [1.54, 1.807) is 13.1 Å². The summed E-state index contributed by atoms with van der Waals surface area (Å²) in [6.07, 6.45) is 3.55. The fourth-order valence-corrected chi connectivity index (χ4v) is 2.97. The highest BCUT2D eigenvalue weighted by molar-refractivity contribution is 6.07. The second-order valence-electron chi connectivity index (χ2n) is 5.97. The van der Waals surface area contributed by atoms with E-state index in [0.29, 0.717) is 5.56 Å². The standard InChI is InChI=1S/C11H11NO.C10H9NO2.H2O/c1-8(13)10-7-12(2)11-6-4-3-5-9(10)11;1-13-10(12)8-6-11-9-5-3-2-4-7(8)9;/h3-7H,1-2H3;2-6,11H,1H3;1H2. The smallest absolute Gasteiger partial charge is 0.340 e. The summed E-state index contributed by atoms with van der Waals surface area (Å²) >= 11 is 0. The van der Waals surface area contributed by atoms with Gasteiger partial charge in [0.1, 0.15) is 0 Å². The number of carbonyl (C=O) groups excluding carboxylic acids is 2. The molecule has 27 heavy (non-hydrogen) atoms. The average molecular weight is 366 g/mol. The third-order valence-electron chi connectivity index (χ3n) is 4.27. The molecule has 2 aromatic carbocycles. The van der Waals surface area contributed by atoms with Crippen LogP contribution in [0.1, 0.15) is 27.6 Å². The maximum Gasteiger partial charge on any atom is 0.340 e. The van der Waals surface area contributed by atoms with Gasteiger partial charge in [-0.2, -0.15) is 0 Å². The number of aromatic amines is 1. The van der Waals surface area contributed by atoms with Crippen LogP contribution in [0.25, 0.3) is 21.8 Å². The number of carbonyl (C=O) groups is 2. The van der Waals surface area contributed by atoms with Gasteiger partial charge in [-0.3, -0.25) is 4.79 Å². The number of hydrogen-bond donors (Lipinski definition) is 1. The highest BCUT2D eigenvalue weighted by atomic mass is 16.5. The molecule has 0 aliphatic carbocycles. The van der Waals surface area contributed by atoms with Crippen LogP contribution in [0.4, 0.5) is 0 Å². The molecule has 0 saturated carbocycles. The third-order valence-corrected chi connectivity index (χ3v) is 4.27. The summed E-state index contributed by atoms with van der Waals surface area (Å²) in [5.74, 6) is -0.186. The first-order valence-electron chi connectivity index (χ1n) is 8.22. The van der Waals surface area contributed by atoms with Crippen LogP contribution in [0, 0.1) is 0 Å². The van der Waals surface area contributed by atoms with Gasteiger partial charge in [-0.05, 0) is 19.1 Å². The van der Waals surface area contributed by atoms with Crippen LogP contribution in [-0.2, 0) is 11.8 Å². The lowest BCUT2D eigenvalue weighted by atomic mass is 10.1. The molecule has 4 aromatic rings. The number of Topliss-reactive ketones (excluding diaryl/α,β-unsaturated/α-hetero) is 1. The lowest BCUT2D eigenvalue weighted by molar-refractivity contribution is 0.0603. The molecule has 0 aliphatic rings. The molecule has 2 aromatic heterocycles. The zero-order valence-electron chi connectivity index (χ0n) is 15.4. The number of fused-ring (bicyclic) bond motifs is 2. The van der Waals surface area contributed by atoms with Gasteiger partial charge in [-0.1, -0.05) is 36.4 Å². The zero-order valence-corrected chi connectivity index (χ0v) is 15.4. The van der Waals surface area contributed by atoms with Crippen LogP contribution in [0.15, 0.2) is 60.9 Å². The zero-order chi connectivity index (χ0) is 18.7. The Labute approximate surface area is 156 Å². The summed E-state index contributed by atoms with van der Waals surface area (Å²) in [5.41, 5.74) is 3.44. The molecule has 2 heterocycles. The maximum absolute atomic E-state index is 11.3. The minimum absolute atomic E-state index is 0. The number of aryl methyl sites for hydroxylation is 1. The normalized spacial score (nSPS) is 10.0. The number of esters is 1. The number of benzene rings is 2. The molecule has 0 aliphatic heterocycles. The van der Waals surface area contributed by atoms with Gasteiger partial charge >= 0.3 is 5.97 Å². The number of hydrogen-bond acceptors (Lipinski definition) is 3. The summed E-state index contributed by atoms with van der Waals surface area (Å²) in [6.45, 7) is 1.60.